The summed E-state index contributed by atoms with van der Waals surface area (Å²) in [5.41, 5.74) is 0. The van der Waals surface area contributed by atoms with Gasteiger partial charge in [-0.15, -0.1) is 0 Å². The van der Waals surface area contributed by atoms with Crippen molar-refractivity contribution in [3.63, 3.8) is 0 Å². The van der Waals surface area contributed by atoms with E-state index in [1.807, 2.05) is 0 Å². The summed E-state index contributed by atoms with van der Waals surface area (Å²) in [6.45, 7) is 4.81. The number of rotatable bonds is 49. The van der Waals surface area contributed by atoms with Crippen molar-refractivity contribution in [1.29, 1.82) is 0 Å². The number of ether oxygens (including phenoxy) is 4. The molecule has 17 nitrogen and oxygen atoms in total. The van der Waals surface area contributed by atoms with Gasteiger partial charge in [-0.25, -0.2) is 0 Å². The second-order valence-corrected chi connectivity index (χ2v) is 16.7. The monoisotopic (exact) mass is 916 g/mol. The summed E-state index contributed by atoms with van der Waals surface area (Å²) in [6, 6.07) is 0. The molecule has 0 aliphatic rings. The van der Waals surface area contributed by atoms with E-state index in [9.17, 15) is 38.7 Å². The third-order valence-corrected chi connectivity index (χ3v) is 10.7. The Morgan fingerprint density at radius 2 is 0.812 bits per heavy atom. The van der Waals surface area contributed by atoms with Gasteiger partial charge in [0, 0.05) is 58.5 Å². The van der Waals surface area contributed by atoms with Crippen LogP contribution < -0.4 is 16.0 Å². The summed E-state index contributed by atoms with van der Waals surface area (Å²) < 4.78 is 21.6. The molecule has 0 aromatic heterocycles. The summed E-state index contributed by atoms with van der Waals surface area (Å²) in [5, 5.41) is 35.3. The average Bonchev–Trinajstić information content (AvgIpc) is 3.25. The molecule has 0 aliphatic heterocycles. The number of carboxylic acids is 3. The molecule has 0 saturated heterocycles. The van der Waals surface area contributed by atoms with Crippen LogP contribution in [0, 0.1) is 11.8 Å². The summed E-state index contributed by atoms with van der Waals surface area (Å²) in [5.74, 6) is -4.81. The van der Waals surface area contributed by atoms with Gasteiger partial charge in [-0.2, -0.15) is 0 Å². The van der Waals surface area contributed by atoms with E-state index >= 15 is 0 Å². The second kappa shape index (κ2) is 44.5. The van der Waals surface area contributed by atoms with Crippen LogP contribution in [0.1, 0.15) is 174 Å². The second-order valence-electron chi connectivity index (χ2n) is 16.7. The number of unbranched alkanes of at least 4 members (excludes halogenated alkanes) is 16. The molecule has 0 rings (SSSR count). The molecule has 0 aromatic carbocycles. The van der Waals surface area contributed by atoms with E-state index in [0.717, 1.165) is 44.9 Å². The van der Waals surface area contributed by atoms with Crippen molar-refractivity contribution in [2.75, 3.05) is 72.5 Å². The number of carbonyl (C=O) groups excluding carboxylic acids is 4. The molecule has 3 amide bonds. The fourth-order valence-corrected chi connectivity index (χ4v) is 6.77. The molecule has 6 N–H and O–H groups in total. The van der Waals surface area contributed by atoms with Crippen molar-refractivity contribution in [1.82, 2.24) is 16.0 Å². The number of amides is 3. The van der Waals surface area contributed by atoms with Gasteiger partial charge in [-0.1, -0.05) is 103 Å². The van der Waals surface area contributed by atoms with Crippen molar-refractivity contribution < 1.29 is 67.8 Å². The molecule has 0 bridgehead atoms. The molecule has 2 atom stereocenters. The molecule has 0 unspecified atom stereocenters. The Hall–Kier alpha value is -3.67. The molecule has 372 valence electrons. The molecular weight excluding hydrogens is 831 g/mol. The van der Waals surface area contributed by atoms with Crippen LogP contribution in [-0.4, -0.2) is 129 Å². The molecule has 64 heavy (non-hydrogen) atoms. The van der Waals surface area contributed by atoms with Gasteiger partial charge < -0.3 is 50.2 Å². The SMILES string of the molecule is C[C@@H](CCCCNC(=O)COCC(=O)NCCCOCCOCCOCCCNC(=O)CC[C@H](CC(=O)CCCCCCCCCCCCCCCCCCC(=O)O)C(=O)O)C(=O)O. The number of hydrogen-bond acceptors (Lipinski definition) is 11. The molecule has 0 heterocycles. The van der Waals surface area contributed by atoms with Gasteiger partial charge >= 0.3 is 17.9 Å². The maximum Gasteiger partial charge on any atom is 0.306 e. The first-order valence-corrected chi connectivity index (χ1v) is 24.2. The topological polar surface area (TPSA) is 253 Å². The molecule has 0 saturated carbocycles. The fraction of sp³-hybridized carbons (Fsp3) is 0.851. The number of aliphatic carboxylic acids is 3. The lowest BCUT2D eigenvalue weighted by atomic mass is 9.94. The average molecular weight is 916 g/mol. The summed E-state index contributed by atoms with van der Waals surface area (Å²) in [6.07, 6.45) is 22.1. The number of carbonyl (C=O) groups is 7. The highest BCUT2D eigenvalue weighted by atomic mass is 16.5. The number of nitrogens with one attached hydrogen (secondary N) is 3. The Bertz CT molecular complexity index is 1240. The third kappa shape index (κ3) is 43.6. The zero-order valence-corrected chi connectivity index (χ0v) is 39.2. The lowest BCUT2D eigenvalue weighted by molar-refractivity contribution is -0.144. The fourth-order valence-electron chi connectivity index (χ4n) is 6.77. The van der Waals surface area contributed by atoms with E-state index in [2.05, 4.69) is 16.0 Å². The minimum atomic E-state index is -1.05. The van der Waals surface area contributed by atoms with E-state index in [0.29, 0.717) is 97.8 Å². The van der Waals surface area contributed by atoms with Crippen LogP contribution in [0.4, 0.5) is 0 Å². The Morgan fingerprint density at radius 3 is 1.25 bits per heavy atom. The highest BCUT2D eigenvalue weighted by Gasteiger charge is 2.22. The standard InChI is InChI=1S/C47H85N3O14/c1-39(46(57)58)22-18-19-27-49-43(53)37-64-38-44(54)50-29-21-31-62-33-35-63-34-32-61-30-20-28-48-42(52)26-25-40(47(59)60)36-41(51)23-16-14-12-10-8-6-4-2-3-5-7-9-11-13-15-17-24-45(55)56/h39-40H,2-38H2,1H3,(H,48,52)(H,49,53)(H,50,54)(H,55,56)(H,57,58)(H,59,60)/t39-,40+/m0/s1. The van der Waals surface area contributed by atoms with Gasteiger partial charge in [0.15, 0.2) is 0 Å². The largest absolute Gasteiger partial charge is 0.481 e. The van der Waals surface area contributed by atoms with Crippen LogP contribution in [0.25, 0.3) is 0 Å². The van der Waals surface area contributed by atoms with Crippen LogP contribution in [0.3, 0.4) is 0 Å². The zero-order valence-electron chi connectivity index (χ0n) is 39.2. The zero-order chi connectivity index (χ0) is 47.3. The first-order chi connectivity index (χ1) is 30.9. The first kappa shape index (κ1) is 60.3. The minimum Gasteiger partial charge on any atom is -0.481 e. The third-order valence-electron chi connectivity index (χ3n) is 10.7. The van der Waals surface area contributed by atoms with Crippen molar-refractivity contribution in [3.05, 3.63) is 0 Å². The van der Waals surface area contributed by atoms with Gasteiger partial charge in [0.05, 0.1) is 38.3 Å². The van der Waals surface area contributed by atoms with E-state index in [-0.39, 0.29) is 62.4 Å². The molecule has 0 aliphatic carbocycles. The molecule has 17 heteroatoms. The van der Waals surface area contributed by atoms with Crippen molar-refractivity contribution in [3.8, 4) is 0 Å². The molecular formula is C47H85N3O14. The minimum absolute atomic E-state index is 0.0401. The van der Waals surface area contributed by atoms with Crippen LogP contribution in [0.5, 0.6) is 0 Å². The van der Waals surface area contributed by atoms with E-state index in [1.54, 1.807) is 6.92 Å². The summed E-state index contributed by atoms with van der Waals surface area (Å²) in [4.78, 5) is 81.4. The Balaban J connectivity index is 3.59. The van der Waals surface area contributed by atoms with Gasteiger partial charge in [0.25, 0.3) is 0 Å². The van der Waals surface area contributed by atoms with E-state index in [1.165, 1.54) is 57.8 Å². The van der Waals surface area contributed by atoms with Gasteiger partial charge in [-0.05, 0) is 44.9 Å². The van der Waals surface area contributed by atoms with Gasteiger partial charge in [-0.3, -0.25) is 33.6 Å². The van der Waals surface area contributed by atoms with Crippen LogP contribution in [0.2, 0.25) is 0 Å². The lowest BCUT2D eigenvalue weighted by Gasteiger charge is -2.12. The molecule has 0 radical (unpaired) electrons. The highest BCUT2D eigenvalue weighted by Crippen LogP contribution is 2.17. The Labute approximate surface area is 382 Å². The smallest absolute Gasteiger partial charge is 0.306 e. The lowest BCUT2D eigenvalue weighted by Crippen LogP contribution is -2.33. The van der Waals surface area contributed by atoms with Crippen LogP contribution in [-0.2, 0) is 52.5 Å². The summed E-state index contributed by atoms with van der Waals surface area (Å²) in [7, 11) is 0. The van der Waals surface area contributed by atoms with E-state index in [4.69, 9.17) is 29.2 Å². The van der Waals surface area contributed by atoms with Crippen molar-refractivity contribution >= 4 is 41.4 Å². The quantitative estimate of drug-likeness (QED) is 0.0351. The van der Waals surface area contributed by atoms with E-state index < -0.39 is 29.7 Å². The number of Topliss-reactive ketones (excluding diaryl/α,β-unsaturated/α-hetero) is 1. The predicted molar refractivity (Wildman–Crippen MR) is 243 cm³/mol. The number of ketones is 1. The van der Waals surface area contributed by atoms with Crippen molar-refractivity contribution in [2.24, 2.45) is 11.8 Å². The highest BCUT2D eigenvalue weighted by molar-refractivity contribution is 5.84. The van der Waals surface area contributed by atoms with Crippen LogP contribution >= 0.6 is 0 Å². The maximum atomic E-state index is 12.5. The summed E-state index contributed by atoms with van der Waals surface area (Å²) >= 11 is 0. The number of carboxylic acid groups (broad SMARTS) is 3. The maximum absolute atomic E-state index is 12.5. The molecule has 0 aromatic rings. The number of hydrogen-bond donors (Lipinski definition) is 6. The normalized spacial score (nSPS) is 12.1. The van der Waals surface area contributed by atoms with Gasteiger partial charge in [0.2, 0.25) is 17.7 Å². The Kier molecular flexibility index (Phi) is 42.0. The van der Waals surface area contributed by atoms with Gasteiger partial charge in [0.1, 0.15) is 19.0 Å². The van der Waals surface area contributed by atoms with Crippen LogP contribution in [0.15, 0.2) is 0 Å². The molecule has 0 spiro atoms. The first-order valence-electron chi connectivity index (χ1n) is 24.2. The molecule has 0 fully saturated rings. The van der Waals surface area contributed by atoms with Crippen molar-refractivity contribution in [2.45, 2.75) is 174 Å². The predicted octanol–water partition coefficient (Wildman–Crippen LogP) is 6.62. The Morgan fingerprint density at radius 1 is 0.406 bits per heavy atom.